The van der Waals surface area contributed by atoms with Crippen molar-refractivity contribution in [3.8, 4) is 0 Å². The quantitative estimate of drug-likeness (QED) is 0.453. The van der Waals surface area contributed by atoms with Gasteiger partial charge in [0.1, 0.15) is 0 Å². The number of rotatable bonds is 7. The lowest BCUT2D eigenvalue weighted by Gasteiger charge is -2.30. The number of hydrogen-bond acceptors (Lipinski definition) is 3. The number of nitro groups is 1. The van der Waals surface area contributed by atoms with E-state index in [2.05, 4.69) is 17.0 Å². The number of hydrogen-bond donors (Lipinski definition) is 0. The third-order valence-electron chi connectivity index (χ3n) is 5.11. The molecule has 0 amide bonds. The molecule has 3 rings (SSSR count). The molecule has 0 spiro atoms. The summed E-state index contributed by atoms with van der Waals surface area (Å²) >= 11 is 6.01. The first kappa shape index (κ1) is 18.9. The standard InChI is InChI=1S/C21H25ClN2O2/c22-20-10-6-18(7-11-20)15-23(14-17-4-2-1-3-5-17)16-19-8-12-21(13-9-19)24(25)26/h6-13,17H,1-5,14-16H2. The van der Waals surface area contributed by atoms with Gasteiger partial charge in [-0.25, -0.2) is 0 Å². The minimum Gasteiger partial charge on any atom is -0.295 e. The van der Waals surface area contributed by atoms with Crippen LogP contribution in [0.4, 0.5) is 5.69 Å². The number of nitrogens with zero attached hydrogens (tertiary/aromatic N) is 2. The van der Waals surface area contributed by atoms with Crippen LogP contribution in [-0.2, 0) is 13.1 Å². The monoisotopic (exact) mass is 372 g/mol. The van der Waals surface area contributed by atoms with Gasteiger partial charge in [-0.05, 0) is 42.0 Å². The van der Waals surface area contributed by atoms with Crippen LogP contribution in [0, 0.1) is 16.0 Å². The van der Waals surface area contributed by atoms with Gasteiger partial charge in [-0.1, -0.05) is 55.1 Å². The molecule has 4 nitrogen and oxygen atoms in total. The zero-order chi connectivity index (χ0) is 18.4. The van der Waals surface area contributed by atoms with Gasteiger partial charge in [0.15, 0.2) is 0 Å². The van der Waals surface area contributed by atoms with Crippen molar-refractivity contribution in [1.82, 2.24) is 4.90 Å². The normalized spacial score (nSPS) is 15.3. The van der Waals surface area contributed by atoms with Gasteiger partial charge >= 0.3 is 0 Å². The van der Waals surface area contributed by atoms with Crippen molar-refractivity contribution in [3.05, 3.63) is 74.8 Å². The molecular formula is C21H25ClN2O2. The highest BCUT2D eigenvalue weighted by Gasteiger charge is 2.18. The highest BCUT2D eigenvalue weighted by atomic mass is 35.5. The third-order valence-corrected chi connectivity index (χ3v) is 5.37. The largest absolute Gasteiger partial charge is 0.295 e. The van der Waals surface area contributed by atoms with Crippen molar-refractivity contribution in [1.29, 1.82) is 0 Å². The van der Waals surface area contributed by atoms with Crippen LogP contribution in [0.15, 0.2) is 48.5 Å². The molecule has 0 bridgehead atoms. The molecule has 1 saturated carbocycles. The SMILES string of the molecule is O=[N+]([O-])c1ccc(CN(Cc2ccc(Cl)cc2)CC2CCCCC2)cc1. The first-order chi connectivity index (χ1) is 12.6. The second kappa shape index (κ2) is 9.15. The van der Waals surface area contributed by atoms with Crippen molar-refractivity contribution in [2.24, 2.45) is 5.92 Å². The molecule has 0 atom stereocenters. The molecule has 0 aromatic heterocycles. The molecular weight excluding hydrogens is 348 g/mol. The fourth-order valence-electron chi connectivity index (χ4n) is 3.75. The van der Waals surface area contributed by atoms with Crippen molar-refractivity contribution in [2.45, 2.75) is 45.2 Å². The summed E-state index contributed by atoms with van der Waals surface area (Å²) in [6.07, 6.45) is 6.62. The van der Waals surface area contributed by atoms with Crippen LogP contribution in [0.5, 0.6) is 0 Å². The van der Waals surface area contributed by atoms with E-state index < -0.39 is 0 Å². The Kier molecular flexibility index (Phi) is 6.64. The molecule has 26 heavy (non-hydrogen) atoms. The molecule has 2 aromatic carbocycles. The second-order valence-electron chi connectivity index (χ2n) is 7.22. The Labute approximate surface area is 159 Å². The Hall–Kier alpha value is -1.91. The molecule has 0 saturated heterocycles. The first-order valence-electron chi connectivity index (χ1n) is 9.30. The predicted molar refractivity (Wildman–Crippen MR) is 105 cm³/mol. The van der Waals surface area contributed by atoms with Crippen LogP contribution in [0.3, 0.4) is 0 Å². The Morgan fingerprint density at radius 3 is 2.00 bits per heavy atom. The number of benzene rings is 2. The smallest absolute Gasteiger partial charge is 0.269 e. The zero-order valence-electron chi connectivity index (χ0n) is 14.9. The average Bonchev–Trinajstić information content (AvgIpc) is 2.65. The first-order valence-corrected chi connectivity index (χ1v) is 9.68. The van der Waals surface area contributed by atoms with Gasteiger partial charge < -0.3 is 0 Å². The van der Waals surface area contributed by atoms with Crippen LogP contribution in [0.1, 0.15) is 43.2 Å². The summed E-state index contributed by atoms with van der Waals surface area (Å²) in [7, 11) is 0. The average molecular weight is 373 g/mol. The Morgan fingerprint density at radius 1 is 0.923 bits per heavy atom. The topological polar surface area (TPSA) is 46.4 Å². The minimum atomic E-state index is -0.350. The van der Waals surface area contributed by atoms with Gasteiger partial charge in [-0.3, -0.25) is 15.0 Å². The van der Waals surface area contributed by atoms with E-state index in [0.717, 1.165) is 36.1 Å². The summed E-state index contributed by atoms with van der Waals surface area (Å²) in [5, 5.41) is 11.6. The fraction of sp³-hybridized carbons (Fsp3) is 0.429. The summed E-state index contributed by atoms with van der Waals surface area (Å²) in [5.74, 6) is 0.745. The summed E-state index contributed by atoms with van der Waals surface area (Å²) < 4.78 is 0. The lowest BCUT2D eigenvalue weighted by atomic mass is 9.88. The highest BCUT2D eigenvalue weighted by molar-refractivity contribution is 6.30. The van der Waals surface area contributed by atoms with Gasteiger partial charge in [-0.2, -0.15) is 0 Å². The van der Waals surface area contributed by atoms with Crippen molar-refractivity contribution in [3.63, 3.8) is 0 Å². The van der Waals surface area contributed by atoms with Gasteiger partial charge in [0.05, 0.1) is 4.92 Å². The molecule has 2 aromatic rings. The van der Waals surface area contributed by atoms with E-state index in [4.69, 9.17) is 11.6 Å². The van der Waals surface area contributed by atoms with Crippen molar-refractivity contribution < 1.29 is 4.92 Å². The second-order valence-corrected chi connectivity index (χ2v) is 7.66. The molecule has 0 N–H and O–H groups in total. The van der Waals surface area contributed by atoms with E-state index in [1.165, 1.54) is 37.7 Å². The van der Waals surface area contributed by atoms with E-state index in [1.54, 1.807) is 12.1 Å². The Morgan fingerprint density at radius 2 is 1.46 bits per heavy atom. The van der Waals surface area contributed by atoms with E-state index in [0.29, 0.717) is 0 Å². The Balaban J connectivity index is 1.70. The number of non-ortho nitro benzene ring substituents is 1. The number of halogens is 1. The minimum absolute atomic E-state index is 0.144. The molecule has 0 aliphatic heterocycles. The van der Waals surface area contributed by atoms with Crippen LogP contribution in [-0.4, -0.2) is 16.4 Å². The van der Waals surface area contributed by atoms with Crippen molar-refractivity contribution in [2.75, 3.05) is 6.54 Å². The van der Waals surface area contributed by atoms with E-state index in [-0.39, 0.29) is 10.6 Å². The van der Waals surface area contributed by atoms with E-state index in [9.17, 15) is 10.1 Å². The van der Waals surface area contributed by atoms with Crippen LogP contribution in [0.25, 0.3) is 0 Å². The number of nitro benzene ring substituents is 1. The molecule has 1 aliphatic carbocycles. The van der Waals surface area contributed by atoms with Crippen LogP contribution < -0.4 is 0 Å². The zero-order valence-corrected chi connectivity index (χ0v) is 15.7. The molecule has 0 radical (unpaired) electrons. The van der Waals surface area contributed by atoms with Crippen molar-refractivity contribution >= 4 is 17.3 Å². The van der Waals surface area contributed by atoms with Crippen LogP contribution >= 0.6 is 11.6 Å². The Bertz CT molecular complexity index is 710. The third kappa shape index (κ3) is 5.55. The molecule has 138 valence electrons. The van der Waals surface area contributed by atoms with Gasteiger partial charge in [0, 0.05) is 36.8 Å². The highest BCUT2D eigenvalue weighted by Crippen LogP contribution is 2.26. The molecule has 5 heteroatoms. The molecule has 0 unspecified atom stereocenters. The lowest BCUT2D eigenvalue weighted by molar-refractivity contribution is -0.384. The summed E-state index contributed by atoms with van der Waals surface area (Å²) in [5.41, 5.74) is 2.50. The predicted octanol–water partition coefficient (Wildman–Crippen LogP) is 5.83. The molecule has 1 fully saturated rings. The maximum absolute atomic E-state index is 10.9. The fourth-order valence-corrected chi connectivity index (χ4v) is 3.88. The molecule has 0 heterocycles. The van der Waals surface area contributed by atoms with Gasteiger partial charge in [-0.15, -0.1) is 0 Å². The maximum Gasteiger partial charge on any atom is 0.269 e. The van der Waals surface area contributed by atoms with E-state index in [1.807, 2.05) is 24.3 Å². The maximum atomic E-state index is 10.9. The molecule has 1 aliphatic rings. The van der Waals surface area contributed by atoms with Crippen LogP contribution in [0.2, 0.25) is 5.02 Å². The summed E-state index contributed by atoms with van der Waals surface area (Å²) in [4.78, 5) is 13.0. The summed E-state index contributed by atoms with van der Waals surface area (Å²) in [6, 6.07) is 14.9. The van der Waals surface area contributed by atoms with Gasteiger partial charge in [0.2, 0.25) is 0 Å². The summed E-state index contributed by atoms with van der Waals surface area (Å²) in [6.45, 7) is 2.74. The van der Waals surface area contributed by atoms with E-state index >= 15 is 0 Å². The van der Waals surface area contributed by atoms with Gasteiger partial charge in [0.25, 0.3) is 5.69 Å². The lowest BCUT2D eigenvalue weighted by Crippen LogP contribution is -2.30.